The fourth-order valence-corrected chi connectivity index (χ4v) is 3.37. The van der Waals surface area contributed by atoms with Gasteiger partial charge in [0.1, 0.15) is 0 Å². The van der Waals surface area contributed by atoms with Crippen molar-refractivity contribution >= 4 is 11.0 Å². The molecular weight excluding hydrogens is 316 g/mol. The highest BCUT2D eigenvalue weighted by molar-refractivity contribution is 5.73. The van der Waals surface area contributed by atoms with Crippen LogP contribution in [0.4, 0.5) is 0 Å². The number of para-hydroxylation sites is 2. The van der Waals surface area contributed by atoms with Gasteiger partial charge >= 0.3 is 0 Å². The van der Waals surface area contributed by atoms with E-state index < -0.39 is 0 Å². The van der Waals surface area contributed by atoms with Crippen molar-refractivity contribution in [2.75, 3.05) is 13.1 Å². The molecular formula is C18H22N6O. The van der Waals surface area contributed by atoms with E-state index in [1.807, 2.05) is 35.1 Å². The summed E-state index contributed by atoms with van der Waals surface area (Å²) in [4.78, 5) is 11.4. The van der Waals surface area contributed by atoms with Gasteiger partial charge in [-0.1, -0.05) is 17.3 Å². The van der Waals surface area contributed by atoms with Crippen molar-refractivity contribution in [1.82, 2.24) is 29.9 Å². The van der Waals surface area contributed by atoms with Crippen LogP contribution in [-0.4, -0.2) is 55.2 Å². The third-order valence-electron chi connectivity index (χ3n) is 4.29. The molecule has 3 heterocycles. The van der Waals surface area contributed by atoms with E-state index in [1.165, 1.54) is 0 Å². The molecule has 7 nitrogen and oxygen atoms in total. The van der Waals surface area contributed by atoms with Crippen LogP contribution in [0.1, 0.15) is 25.2 Å². The minimum Gasteiger partial charge on any atom is -0.373 e. The summed E-state index contributed by atoms with van der Waals surface area (Å²) >= 11 is 0. The zero-order valence-electron chi connectivity index (χ0n) is 14.5. The van der Waals surface area contributed by atoms with Crippen LogP contribution in [0.5, 0.6) is 0 Å². The lowest BCUT2D eigenvalue weighted by Crippen LogP contribution is -2.44. The molecule has 1 saturated heterocycles. The molecule has 0 amide bonds. The molecule has 0 aliphatic carbocycles. The lowest BCUT2D eigenvalue weighted by molar-refractivity contribution is -0.0707. The Morgan fingerprint density at radius 3 is 2.60 bits per heavy atom. The number of aromatic nitrogens is 5. The highest BCUT2D eigenvalue weighted by atomic mass is 16.5. The van der Waals surface area contributed by atoms with Gasteiger partial charge in [0.15, 0.2) is 0 Å². The smallest absolute Gasteiger partial charge is 0.0967 e. The van der Waals surface area contributed by atoms with Gasteiger partial charge in [-0.3, -0.25) is 9.88 Å². The van der Waals surface area contributed by atoms with Gasteiger partial charge in [-0.15, -0.1) is 5.10 Å². The molecule has 0 saturated carbocycles. The highest BCUT2D eigenvalue weighted by Gasteiger charge is 2.22. The number of rotatable bonds is 4. The van der Waals surface area contributed by atoms with Crippen molar-refractivity contribution in [3.8, 4) is 0 Å². The number of ether oxygens (including phenoxy) is 1. The van der Waals surface area contributed by atoms with Crippen molar-refractivity contribution in [2.24, 2.45) is 0 Å². The number of benzene rings is 1. The molecule has 0 radical (unpaired) electrons. The largest absolute Gasteiger partial charge is 0.373 e. The number of hydrogen-bond donors (Lipinski definition) is 0. The molecule has 0 unspecified atom stereocenters. The summed E-state index contributed by atoms with van der Waals surface area (Å²) in [7, 11) is 0. The Labute approximate surface area is 146 Å². The quantitative estimate of drug-likeness (QED) is 0.723. The normalized spacial score (nSPS) is 21.7. The van der Waals surface area contributed by atoms with Crippen molar-refractivity contribution in [3.05, 3.63) is 48.0 Å². The lowest BCUT2D eigenvalue weighted by atomic mass is 10.2. The van der Waals surface area contributed by atoms with E-state index in [1.54, 1.807) is 6.20 Å². The molecule has 4 rings (SSSR count). The van der Waals surface area contributed by atoms with E-state index >= 15 is 0 Å². The summed E-state index contributed by atoms with van der Waals surface area (Å²) in [5.41, 5.74) is 3.65. The van der Waals surface area contributed by atoms with E-state index in [0.717, 1.165) is 42.1 Å². The van der Waals surface area contributed by atoms with E-state index in [-0.39, 0.29) is 12.2 Å². The molecule has 130 valence electrons. The van der Waals surface area contributed by atoms with Gasteiger partial charge in [0.2, 0.25) is 0 Å². The molecule has 1 aliphatic heterocycles. The second-order valence-corrected chi connectivity index (χ2v) is 6.71. The first-order valence-electron chi connectivity index (χ1n) is 8.63. The van der Waals surface area contributed by atoms with Gasteiger partial charge in [0.05, 0.1) is 53.6 Å². The number of morpholine rings is 1. The van der Waals surface area contributed by atoms with Crippen molar-refractivity contribution in [2.45, 2.75) is 39.1 Å². The Kier molecular flexibility index (Phi) is 4.42. The SMILES string of the molecule is C[C@@H]1CN(Cc2cn(Cc3cnc4ccccc4n3)nn2)C[C@H](C)O1. The average molecular weight is 338 g/mol. The maximum absolute atomic E-state index is 5.78. The van der Waals surface area contributed by atoms with Crippen LogP contribution in [0.3, 0.4) is 0 Å². The standard InChI is InChI=1S/C18H22N6O/c1-13-8-23(9-14(2)25-13)10-16-12-24(22-21-16)11-15-7-19-17-5-3-4-6-18(17)20-15/h3-7,12-14H,8-11H2,1-2H3/t13-,14+. The van der Waals surface area contributed by atoms with Gasteiger partial charge in [-0.2, -0.15) is 0 Å². The van der Waals surface area contributed by atoms with Crippen LogP contribution in [0, 0.1) is 0 Å². The molecule has 0 spiro atoms. The van der Waals surface area contributed by atoms with Gasteiger partial charge in [0, 0.05) is 19.6 Å². The predicted molar refractivity (Wildman–Crippen MR) is 93.9 cm³/mol. The molecule has 1 aliphatic rings. The zero-order valence-corrected chi connectivity index (χ0v) is 14.5. The first-order chi connectivity index (χ1) is 12.2. The van der Waals surface area contributed by atoms with E-state index in [9.17, 15) is 0 Å². The van der Waals surface area contributed by atoms with Crippen molar-refractivity contribution in [1.29, 1.82) is 0 Å². The molecule has 3 aromatic rings. The van der Waals surface area contributed by atoms with Gasteiger partial charge in [-0.25, -0.2) is 9.67 Å². The fourth-order valence-electron chi connectivity index (χ4n) is 3.37. The van der Waals surface area contributed by atoms with E-state index in [4.69, 9.17) is 4.74 Å². The molecule has 1 aromatic carbocycles. The Balaban J connectivity index is 1.43. The Morgan fingerprint density at radius 1 is 1.04 bits per heavy atom. The fraction of sp³-hybridized carbons (Fsp3) is 0.444. The van der Waals surface area contributed by atoms with Crippen LogP contribution in [0.2, 0.25) is 0 Å². The van der Waals surface area contributed by atoms with Crippen LogP contribution in [0.25, 0.3) is 11.0 Å². The van der Waals surface area contributed by atoms with Crippen LogP contribution < -0.4 is 0 Å². The Morgan fingerprint density at radius 2 is 1.80 bits per heavy atom. The summed E-state index contributed by atoms with van der Waals surface area (Å²) in [6.07, 6.45) is 4.30. The first-order valence-corrected chi connectivity index (χ1v) is 8.63. The zero-order chi connectivity index (χ0) is 17.2. The predicted octanol–water partition coefficient (Wildman–Crippen LogP) is 1.88. The summed E-state index contributed by atoms with van der Waals surface area (Å²) < 4.78 is 7.60. The topological polar surface area (TPSA) is 69.0 Å². The second kappa shape index (κ2) is 6.85. The summed E-state index contributed by atoms with van der Waals surface area (Å²) in [5, 5.41) is 8.54. The summed E-state index contributed by atoms with van der Waals surface area (Å²) in [5.74, 6) is 0. The monoisotopic (exact) mass is 338 g/mol. The minimum atomic E-state index is 0.256. The third kappa shape index (κ3) is 3.83. The van der Waals surface area contributed by atoms with Crippen molar-refractivity contribution in [3.63, 3.8) is 0 Å². The molecule has 1 fully saturated rings. The maximum atomic E-state index is 5.78. The maximum Gasteiger partial charge on any atom is 0.0967 e. The Hall–Kier alpha value is -2.38. The molecule has 7 heteroatoms. The van der Waals surface area contributed by atoms with Crippen LogP contribution in [-0.2, 0) is 17.8 Å². The molecule has 25 heavy (non-hydrogen) atoms. The molecule has 2 aromatic heterocycles. The lowest BCUT2D eigenvalue weighted by Gasteiger charge is -2.34. The minimum absolute atomic E-state index is 0.256. The summed E-state index contributed by atoms with van der Waals surface area (Å²) in [6.45, 7) is 7.43. The Bertz CT molecular complexity index is 853. The highest BCUT2D eigenvalue weighted by Crippen LogP contribution is 2.13. The number of nitrogens with zero attached hydrogens (tertiary/aromatic N) is 6. The van der Waals surface area contributed by atoms with Crippen LogP contribution >= 0.6 is 0 Å². The van der Waals surface area contributed by atoms with Gasteiger partial charge < -0.3 is 4.74 Å². The summed E-state index contributed by atoms with van der Waals surface area (Å²) in [6, 6.07) is 7.87. The third-order valence-corrected chi connectivity index (χ3v) is 4.29. The van der Waals surface area contributed by atoms with E-state index in [0.29, 0.717) is 6.54 Å². The first kappa shape index (κ1) is 16.1. The van der Waals surface area contributed by atoms with E-state index in [2.05, 4.69) is 39.0 Å². The van der Waals surface area contributed by atoms with Gasteiger partial charge in [0.25, 0.3) is 0 Å². The number of fused-ring (bicyclic) bond motifs is 1. The second-order valence-electron chi connectivity index (χ2n) is 6.71. The average Bonchev–Trinajstić information content (AvgIpc) is 3.00. The van der Waals surface area contributed by atoms with Crippen molar-refractivity contribution < 1.29 is 4.74 Å². The number of hydrogen-bond acceptors (Lipinski definition) is 6. The molecule has 0 bridgehead atoms. The molecule has 2 atom stereocenters. The van der Waals surface area contributed by atoms with Crippen LogP contribution in [0.15, 0.2) is 36.7 Å². The molecule has 0 N–H and O–H groups in total. The van der Waals surface area contributed by atoms with Gasteiger partial charge in [-0.05, 0) is 26.0 Å².